The predicted molar refractivity (Wildman–Crippen MR) is 340 cm³/mol. The van der Waals surface area contributed by atoms with Crippen LogP contribution in [-0.2, 0) is 42.1 Å². The zero-order valence-corrected chi connectivity index (χ0v) is 57.8. The molecule has 8 fully saturated rings. The molecule has 432 valence electrons. The molecule has 0 aliphatic carbocycles. The van der Waals surface area contributed by atoms with Gasteiger partial charge < -0.3 is 81.7 Å². The van der Waals surface area contributed by atoms with E-state index in [1.54, 1.807) is 0 Å². The first-order chi connectivity index (χ1) is 34.2. The monoisotopic (exact) mass is 1540 g/mol. The number of hydrogen-bond acceptors (Lipinski definition) is 8. The quantitative estimate of drug-likeness (QED) is 0.161. The van der Waals surface area contributed by atoms with E-state index in [9.17, 15) is 0 Å². The van der Waals surface area contributed by atoms with Gasteiger partial charge in [0.2, 0.25) is 0 Å². The molecule has 0 bridgehead atoms. The summed E-state index contributed by atoms with van der Waals surface area (Å²) in [6, 6.07) is 2.19. The van der Waals surface area contributed by atoms with Gasteiger partial charge in [0.05, 0.1) is 0 Å². The van der Waals surface area contributed by atoms with Crippen LogP contribution in [0.15, 0.2) is 0 Å². The van der Waals surface area contributed by atoms with E-state index in [1.165, 1.54) is 25.7 Å². The van der Waals surface area contributed by atoms with Crippen LogP contribution in [0.4, 0.5) is 0 Å². The molecule has 26 heteroatoms. The van der Waals surface area contributed by atoms with Crippen LogP contribution in [0.3, 0.4) is 0 Å². The number of thiocarbonyl (C=S) groups is 8. The first-order valence-electron chi connectivity index (χ1n) is 26.5. The molecule has 8 heterocycles. The molecule has 8 aliphatic rings. The molecular weight excluding hydrogens is 1450 g/mol. The fourth-order valence-corrected chi connectivity index (χ4v) is 10.7. The normalized spacial score (nSPS) is 18.8. The first kappa shape index (κ1) is 75.0. The average molecular weight is 1540 g/mol. The molecule has 0 aromatic carbocycles. The van der Waals surface area contributed by atoms with Gasteiger partial charge in [0.1, 0.15) is 0 Å². The van der Waals surface area contributed by atoms with Crippen LogP contribution in [0.25, 0.3) is 0 Å². The van der Waals surface area contributed by atoms with Gasteiger partial charge in [0, 0.05) is 155 Å². The van der Waals surface area contributed by atoms with Crippen molar-refractivity contribution < 1.29 is 42.1 Å². The SMILES string of the molecule is CC(C)N1CCNC1=S.CC(C)N1CCNC1=S.CC(C)N1CCNC1=S.CC(C)N1CCNC1=S.CCN1CCCNC1=S.CCN1CCCNC1=S.CCN1CCCNC1=S.CCN1CCCNC1=S.[Pt+2].[Pt+2]. The van der Waals surface area contributed by atoms with Crippen molar-refractivity contribution in [2.24, 2.45) is 0 Å². The molecule has 74 heavy (non-hydrogen) atoms. The third-order valence-electron chi connectivity index (χ3n) is 12.3. The molecule has 8 saturated heterocycles. The van der Waals surface area contributed by atoms with Gasteiger partial charge in [-0.1, -0.05) is 0 Å². The standard InChI is InChI=1S/8C6H12N2S.2Pt/c4*1-5(2)8-4-3-7-6(8)9;4*1-2-8-5-3-4-7-6(8)9;;/h4*5H,3-4H2,1-2H3,(H,7,9);4*2-5H2,1H3,(H,7,9);;/q;;;;;;;;2*+2. The maximum Gasteiger partial charge on any atom is 2.00 e. The van der Waals surface area contributed by atoms with Crippen molar-refractivity contribution in [3.05, 3.63) is 0 Å². The minimum atomic E-state index is 0. The van der Waals surface area contributed by atoms with Crippen molar-refractivity contribution in [2.45, 2.75) is 133 Å². The summed E-state index contributed by atoms with van der Waals surface area (Å²) >= 11 is 40.3. The fraction of sp³-hybridized carbons (Fsp3) is 0.833. The minimum absolute atomic E-state index is 0. The maximum atomic E-state index is 5.04. The second-order valence-electron chi connectivity index (χ2n) is 18.7. The van der Waals surface area contributed by atoms with E-state index in [0.29, 0.717) is 24.2 Å². The molecule has 8 rings (SSSR count). The summed E-state index contributed by atoms with van der Waals surface area (Å²) < 4.78 is 0. The third-order valence-corrected chi connectivity index (χ3v) is 15.4. The smallest absolute Gasteiger partial charge is 0.362 e. The van der Waals surface area contributed by atoms with E-state index >= 15 is 0 Å². The van der Waals surface area contributed by atoms with Crippen LogP contribution in [0.5, 0.6) is 0 Å². The Kier molecular flexibility index (Phi) is 44.3. The molecule has 16 nitrogen and oxygen atoms in total. The van der Waals surface area contributed by atoms with E-state index in [-0.39, 0.29) is 42.1 Å². The molecule has 0 amide bonds. The maximum absolute atomic E-state index is 5.04. The van der Waals surface area contributed by atoms with Crippen LogP contribution in [0, 0.1) is 0 Å². The molecule has 0 radical (unpaired) electrons. The number of rotatable bonds is 8. The molecule has 0 atom stereocenters. The molecule has 0 unspecified atom stereocenters. The van der Waals surface area contributed by atoms with Crippen LogP contribution >= 0.6 is 97.7 Å². The van der Waals surface area contributed by atoms with Crippen LogP contribution in [0.2, 0.25) is 0 Å². The molecule has 0 aromatic heterocycles. The van der Waals surface area contributed by atoms with Gasteiger partial charge in [-0.05, 0) is 207 Å². The summed E-state index contributed by atoms with van der Waals surface area (Å²) in [6.07, 6.45) is 4.86. The zero-order chi connectivity index (χ0) is 54.2. The summed E-state index contributed by atoms with van der Waals surface area (Å²) in [4.78, 5) is 17.5. The Hall–Kier alpha value is -1.10. The van der Waals surface area contributed by atoms with E-state index in [4.69, 9.17) is 97.7 Å². The molecular formula is C48H96N16Pt2S8+4. The van der Waals surface area contributed by atoms with Gasteiger partial charge >= 0.3 is 42.1 Å². The van der Waals surface area contributed by atoms with E-state index in [1.807, 2.05) is 0 Å². The van der Waals surface area contributed by atoms with Gasteiger partial charge in [0.25, 0.3) is 0 Å². The van der Waals surface area contributed by atoms with Crippen molar-refractivity contribution in [1.82, 2.24) is 81.7 Å². The van der Waals surface area contributed by atoms with E-state index in [0.717, 1.165) is 172 Å². The number of hydrogen-bond donors (Lipinski definition) is 8. The summed E-state index contributed by atoms with van der Waals surface area (Å²) in [6.45, 7) is 46.9. The van der Waals surface area contributed by atoms with E-state index < -0.39 is 0 Å². The predicted octanol–water partition coefficient (Wildman–Crippen LogP) is 4.68. The topological polar surface area (TPSA) is 122 Å². The Morgan fingerprint density at radius 1 is 0.284 bits per heavy atom. The van der Waals surface area contributed by atoms with Gasteiger partial charge in [-0.25, -0.2) is 0 Å². The second kappa shape index (κ2) is 43.7. The minimum Gasteiger partial charge on any atom is -0.362 e. The largest absolute Gasteiger partial charge is 2.00 e. The van der Waals surface area contributed by atoms with Crippen LogP contribution < -0.4 is 42.5 Å². The Balaban J connectivity index is 0. The van der Waals surface area contributed by atoms with Gasteiger partial charge in [-0.2, -0.15) is 0 Å². The first-order valence-corrected chi connectivity index (χ1v) is 29.8. The Morgan fingerprint density at radius 2 is 0.446 bits per heavy atom. The molecule has 0 spiro atoms. The van der Waals surface area contributed by atoms with Crippen molar-refractivity contribution >= 4 is 139 Å². The van der Waals surface area contributed by atoms with Gasteiger partial charge in [-0.3, -0.25) is 0 Å². The summed E-state index contributed by atoms with van der Waals surface area (Å²) in [7, 11) is 0. The Bertz CT molecular complexity index is 1410. The molecule has 0 saturated carbocycles. The second-order valence-corrected chi connectivity index (χ2v) is 21.8. The van der Waals surface area contributed by atoms with Crippen molar-refractivity contribution in [2.75, 3.05) is 131 Å². The van der Waals surface area contributed by atoms with Crippen molar-refractivity contribution in [3.8, 4) is 0 Å². The van der Waals surface area contributed by atoms with Gasteiger partial charge in [-0.15, -0.1) is 0 Å². The molecule has 8 aliphatic heterocycles. The van der Waals surface area contributed by atoms with E-state index in [2.05, 4.69) is 165 Å². The number of nitrogens with zero attached hydrogens (tertiary/aromatic N) is 8. The van der Waals surface area contributed by atoms with Crippen molar-refractivity contribution in [3.63, 3.8) is 0 Å². The Labute approximate surface area is 521 Å². The Morgan fingerprint density at radius 3 is 0.527 bits per heavy atom. The van der Waals surface area contributed by atoms with Crippen LogP contribution in [-0.4, -0.2) is 235 Å². The number of nitrogens with one attached hydrogen (secondary N) is 8. The average Bonchev–Trinajstić information content (AvgIpc) is 4.20. The molecule has 8 N–H and O–H groups in total. The van der Waals surface area contributed by atoms with Crippen molar-refractivity contribution in [1.29, 1.82) is 0 Å². The van der Waals surface area contributed by atoms with Gasteiger partial charge in [0.15, 0.2) is 40.9 Å². The fourth-order valence-electron chi connectivity index (χ4n) is 7.84. The third kappa shape index (κ3) is 30.3. The summed E-state index contributed by atoms with van der Waals surface area (Å²) in [5.74, 6) is 0. The summed E-state index contributed by atoms with van der Waals surface area (Å²) in [5, 5.41) is 32.3. The molecule has 0 aromatic rings. The summed E-state index contributed by atoms with van der Waals surface area (Å²) in [5.41, 5.74) is 0. The van der Waals surface area contributed by atoms with Crippen LogP contribution in [0.1, 0.15) is 109 Å². The zero-order valence-electron chi connectivity index (χ0n) is 46.8.